The summed E-state index contributed by atoms with van der Waals surface area (Å²) in [5.74, 6) is 1.50. The predicted molar refractivity (Wildman–Crippen MR) is 88.3 cm³/mol. The van der Waals surface area contributed by atoms with Gasteiger partial charge in [0, 0.05) is 17.1 Å². The molecule has 0 unspecified atom stereocenters. The number of H-pyrrole nitrogens is 1. The summed E-state index contributed by atoms with van der Waals surface area (Å²) >= 11 is 0. The number of carbonyl (C=O) groups is 1. The van der Waals surface area contributed by atoms with Crippen molar-refractivity contribution in [3.8, 4) is 11.5 Å². The van der Waals surface area contributed by atoms with Gasteiger partial charge in [-0.1, -0.05) is 12.1 Å². The Labute approximate surface area is 134 Å². The molecule has 0 saturated heterocycles. The molecule has 0 spiro atoms. The number of rotatable bonds is 3. The Bertz CT molecular complexity index is 881. The number of ether oxygens (including phenoxy) is 2. The van der Waals surface area contributed by atoms with Crippen molar-refractivity contribution >= 4 is 16.7 Å². The maximum absolute atomic E-state index is 12.7. The van der Waals surface area contributed by atoms with E-state index in [0.717, 1.165) is 22.2 Å². The van der Waals surface area contributed by atoms with Crippen LogP contribution in [-0.4, -0.2) is 24.5 Å². The monoisotopic (exact) mass is 307 g/mol. The summed E-state index contributed by atoms with van der Waals surface area (Å²) in [6, 6.07) is 13.4. The second-order valence-corrected chi connectivity index (χ2v) is 5.80. The van der Waals surface area contributed by atoms with E-state index in [4.69, 9.17) is 9.47 Å². The largest absolute Gasteiger partial charge is 0.497 e. The van der Waals surface area contributed by atoms with Crippen LogP contribution in [0.1, 0.15) is 15.9 Å². The zero-order valence-corrected chi connectivity index (χ0v) is 12.8. The van der Waals surface area contributed by atoms with Gasteiger partial charge in [0.25, 0.3) is 0 Å². The minimum atomic E-state index is -0.157. The van der Waals surface area contributed by atoms with Gasteiger partial charge in [-0.3, -0.25) is 4.79 Å². The molecule has 116 valence electrons. The molecule has 0 bridgehead atoms. The standard InChI is InChI=1S/C19H17NO3/c1-22-14-6-7-17-16(9-14)12(10-20-17)8-13-11-23-18-5-3-2-4-15(18)19(13)21/h2-7,9-10,13,20H,8,11H2,1H3/t13-/m0/s1. The second-order valence-electron chi connectivity index (χ2n) is 5.80. The van der Waals surface area contributed by atoms with E-state index < -0.39 is 0 Å². The van der Waals surface area contributed by atoms with Crippen molar-refractivity contribution in [1.82, 2.24) is 4.98 Å². The first-order valence-electron chi connectivity index (χ1n) is 7.66. The minimum Gasteiger partial charge on any atom is -0.497 e. The molecule has 4 nitrogen and oxygen atoms in total. The van der Waals surface area contributed by atoms with Crippen molar-refractivity contribution in [2.45, 2.75) is 6.42 Å². The molecule has 0 amide bonds. The summed E-state index contributed by atoms with van der Waals surface area (Å²) in [4.78, 5) is 15.9. The first kappa shape index (κ1) is 13.9. The average molecular weight is 307 g/mol. The smallest absolute Gasteiger partial charge is 0.173 e. The molecule has 0 radical (unpaired) electrons. The van der Waals surface area contributed by atoms with Gasteiger partial charge in [0.1, 0.15) is 11.5 Å². The van der Waals surface area contributed by atoms with E-state index in [2.05, 4.69) is 4.98 Å². The van der Waals surface area contributed by atoms with Gasteiger partial charge in [0.15, 0.2) is 5.78 Å². The Balaban J connectivity index is 1.65. The summed E-state index contributed by atoms with van der Waals surface area (Å²) in [5.41, 5.74) is 2.84. The first-order valence-corrected chi connectivity index (χ1v) is 7.66. The molecule has 1 N–H and O–H groups in total. The molecule has 23 heavy (non-hydrogen) atoms. The van der Waals surface area contributed by atoms with Gasteiger partial charge >= 0.3 is 0 Å². The van der Waals surface area contributed by atoms with E-state index >= 15 is 0 Å². The lowest BCUT2D eigenvalue weighted by Gasteiger charge is -2.23. The summed E-state index contributed by atoms with van der Waals surface area (Å²) in [6.45, 7) is 0.423. The molecular formula is C19H17NO3. The summed E-state index contributed by atoms with van der Waals surface area (Å²) in [6.07, 6.45) is 2.62. The van der Waals surface area contributed by atoms with E-state index in [1.165, 1.54) is 0 Å². The van der Waals surface area contributed by atoms with Crippen molar-refractivity contribution in [2.24, 2.45) is 5.92 Å². The minimum absolute atomic E-state index is 0.157. The SMILES string of the molecule is COc1ccc2[nH]cc(C[C@H]3COc4ccccc4C3=O)c2c1. The Morgan fingerprint density at radius 3 is 3.00 bits per heavy atom. The highest BCUT2D eigenvalue weighted by Gasteiger charge is 2.29. The highest BCUT2D eigenvalue weighted by Crippen LogP contribution is 2.31. The number of hydrogen-bond acceptors (Lipinski definition) is 3. The molecule has 0 saturated carbocycles. The molecule has 1 aliphatic rings. The van der Waals surface area contributed by atoms with Gasteiger partial charge in [-0.25, -0.2) is 0 Å². The quantitative estimate of drug-likeness (QED) is 0.804. The van der Waals surface area contributed by atoms with Crippen LogP contribution in [0.3, 0.4) is 0 Å². The maximum atomic E-state index is 12.7. The molecule has 4 rings (SSSR count). The maximum Gasteiger partial charge on any atom is 0.173 e. The van der Waals surface area contributed by atoms with E-state index in [0.29, 0.717) is 24.3 Å². The lowest BCUT2D eigenvalue weighted by atomic mass is 9.89. The van der Waals surface area contributed by atoms with Crippen LogP contribution in [0.4, 0.5) is 0 Å². The number of methoxy groups -OCH3 is 1. The van der Waals surface area contributed by atoms with E-state index in [9.17, 15) is 4.79 Å². The van der Waals surface area contributed by atoms with Gasteiger partial charge in [0.05, 0.1) is 25.2 Å². The van der Waals surface area contributed by atoms with Crippen LogP contribution >= 0.6 is 0 Å². The molecule has 1 aromatic heterocycles. The highest BCUT2D eigenvalue weighted by molar-refractivity contribution is 6.01. The lowest BCUT2D eigenvalue weighted by molar-refractivity contribution is 0.0831. The van der Waals surface area contributed by atoms with Gasteiger partial charge in [-0.15, -0.1) is 0 Å². The Hall–Kier alpha value is -2.75. The number of para-hydroxylation sites is 1. The first-order chi connectivity index (χ1) is 11.3. The molecule has 1 aliphatic heterocycles. The average Bonchev–Trinajstić information content (AvgIpc) is 2.99. The lowest BCUT2D eigenvalue weighted by Crippen LogP contribution is -2.29. The molecular weight excluding hydrogens is 290 g/mol. The van der Waals surface area contributed by atoms with Crippen LogP contribution in [-0.2, 0) is 6.42 Å². The fourth-order valence-corrected chi connectivity index (χ4v) is 3.15. The van der Waals surface area contributed by atoms with Crippen molar-refractivity contribution in [3.63, 3.8) is 0 Å². The van der Waals surface area contributed by atoms with Crippen LogP contribution in [0.15, 0.2) is 48.7 Å². The van der Waals surface area contributed by atoms with Crippen LogP contribution in [0.2, 0.25) is 0 Å². The number of nitrogens with one attached hydrogen (secondary N) is 1. The highest BCUT2D eigenvalue weighted by atomic mass is 16.5. The topological polar surface area (TPSA) is 51.3 Å². The van der Waals surface area contributed by atoms with Gasteiger partial charge in [-0.2, -0.15) is 0 Å². The fraction of sp³-hybridized carbons (Fsp3) is 0.211. The van der Waals surface area contributed by atoms with Crippen LogP contribution in [0, 0.1) is 5.92 Å². The number of fused-ring (bicyclic) bond motifs is 2. The predicted octanol–water partition coefficient (Wildman–Crippen LogP) is 3.61. The van der Waals surface area contributed by atoms with E-state index in [-0.39, 0.29) is 11.7 Å². The molecule has 2 heterocycles. The third-order valence-corrected chi connectivity index (χ3v) is 4.40. The summed E-state index contributed by atoms with van der Waals surface area (Å²) in [5, 5.41) is 1.09. The second kappa shape index (κ2) is 5.47. The molecule has 2 aromatic carbocycles. The van der Waals surface area contributed by atoms with E-state index in [1.807, 2.05) is 48.7 Å². The van der Waals surface area contributed by atoms with Crippen molar-refractivity contribution in [1.29, 1.82) is 0 Å². The number of aromatic amines is 1. The Morgan fingerprint density at radius 2 is 2.13 bits per heavy atom. The van der Waals surface area contributed by atoms with Crippen molar-refractivity contribution in [3.05, 3.63) is 59.8 Å². The van der Waals surface area contributed by atoms with E-state index in [1.54, 1.807) is 7.11 Å². The number of Topliss-reactive ketones (excluding diaryl/α,β-unsaturated/α-hetero) is 1. The third-order valence-electron chi connectivity index (χ3n) is 4.40. The number of hydrogen-bond donors (Lipinski definition) is 1. The zero-order valence-electron chi connectivity index (χ0n) is 12.8. The Kier molecular flexibility index (Phi) is 3.30. The molecule has 1 atom stereocenters. The van der Waals surface area contributed by atoms with Crippen LogP contribution in [0.25, 0.3) is 10.9 Å². The molecule has 3 aromatic rings. The van der Waals surface area contributed by atoms with Crippen LogP contribution < -0.4 is 9.47 Å². The fourth-order valence-electron chi connectivity index (χ4n) is 3.15. The van der Waals surface area contributed by atoms with Gasteiger partial charge in [0.2, 0.25) is 0 Å². The van der Waals surface area contributed by atoms with Gasteiger partial charge in [-0.05, 0) is 42.3 Å². The van der Waals surface area contributed by atoms with Crippen LogP contribution in [0.5, 0.6) is 11.5 Å². The van der Waals surface area contributed by atoms with Crippen molar-refractivity contribution in [2.75, 3.05) is 13.7 Å². The van der Waals surface area contributed by atoms with Crippen molar-refractivity contribution < 1.29 is 14.3 Å². The molecule has 0 aliphatic carbocycles. The summed E-state index contributed by atoms with van der Waals surface area (Å²) < 4.78 is 11.1. The zero-order chi connectivity index (χ0) is 15.8. The number of aromatic nitrogens is 1. The Morgan fingerprint density at radius 1 is 1.26 bits per heavy atom. The number of ketones is 1. The number of carbonyl (C=O) groups excluding carboxylic acids is 1. The molecule has 0 fully saturated rings. The number of benzene rings is 2. The van der Waals surface area contributed by atoms with Gasteiger partial charge < -0.3 is 14.5 Å². The normalized spacial score (nSPS) is 16.9. The third kappa shape index (κ3) is 2.36. The molecule has 4 heteroatoms. The summed E-state index contributed by atoms with van der Waals surface area (Å²) in [7, 11) is 1.66.